The summed E-state index contributed by atoms with van der Waals surface area (Å²) in [5, 5.41) is 8.53. The van der Waals surface area contributed by atoms with Crippen LogP contribution in [0.1, 0.15) is 34.8 Å². The Morgan fingerprint density at radius 2 is 1.78 bits per heavy atom. The molecule has 118 valence electrons. The zero-order chi connectivity index (χ0) is 16.4. The minimum Gasteiger partial charge on any atom is -0.419 e. The molecule has 2 aromatic carbocycles. The SMILES string of the molecule is Cc1cccc(-c2nnc(C(C)Sc3ccc(C)c(C)c3)o2)c1. The number of hydrogen-bond donors (Lipinski definition) is 0. The molecule has 0 amide bonds. The van der Waals surface area contributed by atoms with E-state index in [1.54, 1.807) is 11.8 Å². The molecule has 1 atom stereocenters. The van der Waals surface area contributed by atoms with E-state index in [9.17, 15) is 0 Å². The van der Waals surface area contributed by atoms with Crippen LogP contribution in [-0.4, -0.2) is 10.2 Å². The summed E-state index contributed by atoms with van der Waals surface area (Å²) in [6.07, 6.45) is 0. The van der Waals surface area contributed by atoms with Gasteiger partial charge in [-0.05, 0) is 63.1 Å². The van der Waals surface area contributed by atoms with Gasteiger partial charge in [-0.3, -0.25) is 0 Å². The molecule has 3 aromatic rings. The first-order valence-corrected chi connectivity index (χ1v) is 8.55. The van der Waals surface area contributed by atoms with E-state index in [1.165, 1.54) is 21.6 Å². The van der Waals surface area contributed by atoms with Gasteiger partial charge in [-0.1, -0.05) is 23.8 Å². The highest BCUT2D eigenvalue weighted by molar-refractivity contribution is 7.99. The van der Waals surface area contributed by atoms with Crippen molar-refractivity contribution in [3.63, 3.8) is 0 Å². The number of aryl methyl sites for hydroxylation is 3. The van der Waals surface area contributed by atoms with Crippen LogP contribution in [-0.2, 0) is 0 Å². The zero-order valence-electron chi connectivity index (χ0n) is 13.8. The van der Waals surface area contributed by atoms with Gasteiger partial charge in [0.05, 0.1) is 5.25 Å². The fraction of sp³-hybridized carbons (Fsp3) is 0.263. The van der Waals surface area contributed by atoms with E-state index in [4.69, 9.17) is 4.42 Å². The number of benzene rings is 2. The lowest BCUT2D eigenvalue weighted by Gasteiger charge is -2.08. The van der Waals surface area contributed by atoms with Crippen molar-refractivity contribution in [2.45, 2.75) is 37.8 Å². The number of nitrogens with zero attached hydrogens (tertiary/aromatic N) is 2. The summed E-state index contributed by atoms with van der Waals surface area (Å²) in [5.41, 5.74) is 4.75. The Morgan fingerprint density at radius 1 is 0.957 bits per heavy atom. The molecule has 0 bridgehead atoms. The molecule has 3 rings (SSSR count). The molecule has 0 aliphatic carbocycles. The fourth-order valence-corrected chi connectivity index (χ4v) is 3.33. The minimum absolute atomic E-state index is 0.114. The predicted molar refractivity (Wildman–Crippen MR) is 94.7 cm³/mol. The van der Waals surface area contributed by atoms with Crippen LogP contribution in [0.5, 0.6) is 0 Å². The monoisotopic (exact) mass is 324 g/mol. The van der Waals surface area contributed by atoms with Crippen molar-refractivity contribution >= 4 is 11.8 Å². The first-order valence-electron chi connectivity index (χ1n) is 7.67. The Hall–Kier alpha value is -2.07. The topological polar surface area (TPSA) is 38.9 Å². The van der Waals surface area contributed by atoms with Gasteiger partial charge < -0.3 is 4.42 Å². The number of rotatable bonds is 4. The minimum atomic E-state index is 0.114. The predicted octanol–water partition coefficient (Wildman–Crippen LogP) is 5.52. The molecular weight excluding hydrogens is 304 g/mol. The van der Waals surface area contributed by atoms with Crippen molar-refractivity contribution in [1.82, 2.24) is 10.2 Å². The summed E-state index contributed by atoms with van der Waals surface area (Å²) in [6, 6.07) is 14.6. The largest absolute Gasteiger partial charge is 0.419 e. The lowest BCUT2D eigenvalue weighted by Crippen LogP contribution is -1.89. The van der Waals surface area contributed by atoms with Crippen molar-refractivity contribution in [1.29, 1.82) is 0 Å². The third kappa shape index (κ3) is 3.64. The van der Waals surface area contributed by atoms with Gasteiger partial charge in [0.15, 0.2) is 0 Å². The smallest absolute Gasteiger partial charge is 0.247 e. The van der Waals surface area contributed by atoms with Crippen LogP contribution >= 0.6 is 11.8 Å². The van der Waals surface area contributed by atoms with Gasteiger partial charge in [0, 0.05) is 10.5 Å². The summed E-state index contributed by atoms with van der Waals surface area (Å²) in [4.78, 5) is 1.22. The summed E-state index contributed by atoms with van der Waals surface area (Å²) in [6.45, 7) is 8.40. The average Bonchev–Trinajstić information content (AvgIpc) is 3.01. The van der Waals surface area contributed by atoms with Gasteiger partial charge >= 0.3 is 0 Å². The second kappa shape index (κ2) is 6.59. The van der Waals surface area contributed by atoms with E-state index < -0.39 is 0 Å². The molecule has 0 aliphatic rings. The third-order valence-electron chi connectivity index (χ3n) is 3.84. The molecule has 0 saturated carbocycles. The van der Waals surface area contributed by atoms with Crippen LogP contribution < -0.4 is 0 Å². The van der Waals surface area contributed by atoms with Gasteiger partial charge in [0.2, 0.25) is 11.8 Å². The molecule has 0 fully saturated rings. The van der Waals surface area contributed by atoms with Crippen molar-refractivity contribution in [2.24, 2.45) is 0 Å². The molecule has 0 aliphatic heterocycles. The van der Waals surface area contributed by atoms with Gasteiger partial charge in [0.25, 0.3) is 0 Å². The van der Waals surface area contributed by atoms with Gasteiger partial charge in [-0.2, -0.15) is 0 Å². The van der Waals surface area contributed by atoms with Crippen molar-refractivity contribution in [3.05, 3.63) is 65.0 Å². The maximum atomic E-state index is 5.87. The molecule has 1 unspecified atom stereocenters. The highest BCUT2D eigenvalue weighted by Gasteiger charge is 2.16. The molecule has 0 saturated heterocycles. The maximum Gasteiger partial charge on any atom is 0.247 e. The van der Waals surface area contributed by atoms with Crippen molar-refractivity contribution in [2.75, 3.05) is 0 Å². The number of aromatic nitrogens is 2. The molecule has 4 heteroatoms. The van der Waals surface area contributed by atoms with Crippen LogP contribution in [0.2, 0.25) is 0 Å². The summed E-state index contributed by atoms with van der Waals surface area (Å²) < 4.78 is 5.87. The van der Waals surface area contributed by atoms with E-state index in [0.29, 0.717) is 11.8 Å². The second-order valence-corrected chi connectivity index (χ2v) is 7.24. The molecule has 0 spiro atoms. The maximum absolute atomic E-state index is 5.87. The number of thioether (sulfide) groups is 1. The van der Waals surface area contributed by atoms with E-state index in [0.717, 1.165) is 5.56 Å². The Bertz CT molecular complexity index is 826. The molecular formula is C19H20N2OS. The van der Waals surface area contributed by atoms with Crippen LogP contribution in [0.3, 0.4) is 0 Å². The second-order valence-electron chi connectivity index (χ2n) is 5.82. The fourth-order valence-electron chi connectivity index (χ4n) is 2.34. The number of hydrogen-bond acceptors (Lipinski definition) is 4. The van der Waals surface area contributed by atoms with Crippen LogP contribution in [0.15, 0.2) is 51.8 Å². The molecule has 1 aromatic heterocycles. The Kier molecular flexibility index (Phi) is 4.53. The third-order valence-corrected chi connectivity index (χ3v) is 4.93. The molecule has 23 heavy (non-hydrogen) atoms. The van der Waals surface area contributed by atoms with Gasteiger partial charge in [-0.25, -0.2) is 0 Å². The van der Waals surface area contributed by atoms with Crippen molar-refractivity contribution in [3.8, 4) is 11.5 Å². The molecule has 1 heterocycles. The van der Waals surface area contributed by atoms with Gasteiger partial charge in [-0.15, -0.1) is 22.0 Å². The molecule has 0 radical (unpaired) electrons. The van der Waals surface area contributed by atoms with Gasteiger partial charge in [0.1, 0.15) is 0 Å². The van der Waals surface area contributed by atoms with E-state index in [-0.39, 0.29) is 5.25 Å². The Morgan fingerprint density at radius 3 is 2.52 bits per heavy atom. The lowest BCUT2D eigenvalue weighted by atomic mass is 10.1. The normalized spacial score (nSPS) is 12.3. The van der Waals surface area contributed by atoms with E-state index in [1.807, 2.05) is 12.1 Å². The first kappa shape index (κ1) is 15.8. The quantitative estimate of drug-likeness (QED) is 0.593. The summed E-state index contributed by atoms with van der Waals surface area (Å²) in [7, 11) is 0. The summed E-state index contributed by atoms with van der Waals surface area (Å²) in [5.74, 6) is 1.24. The van der Waals surface area contributed by atoms with Crippen LogP contribution in [0.25, 0.3) is 11.5 Å². The molecule has 0 N–H and O–H groups in total. The highest BCUT2D eigenvalue weighted by Crippen LogP contribution is 2.35. The van der Waals surface area contributed by atoms with Crippen molar-refractivity contribution < 1.29 is 4.42 Å². The summed E-state index contributed by atoms with van der Waals surface area (Å²) >= 11 is 1.73. The molecule has 3 nitrogen and oxygen atoms in total. The zero-order valence-corrected chi connectivity index (χ0v) is 14.6. The van der Waals surface area contributed by atoms with Crippen LogP contribution in [0, 0.1) is 20.8 Å². The van der Waals surface area contributed by atoms with Crippen LogP contribution in [0.4, 0.5) is 0 Å². The Labute approximate surface area is 141 Å². The highest BCUT2D eigenvalue weighted by atomic mass is 32.2. The average molecular weight is 324 g/mol. The first-order chi connectivity index (χ1) is 11.0. The van der Waals surface area contributed by atoms with E-state index in [2.05, 4.69) is 68.2 Å². The Balaban J connectivity index is 1.78. The standard InChI is InChI=1S/C19H20N2OS/c1-12-6-5-7-16(10-12)19-21-20-18(22-19)15(4)23-17-9-8-13(2)14(3)11-17/h5-11,15H,1-4H3. The lowest BCUT2D eigenvalue weighted by molar-refractivity contribution is 0.509. The van der Waals surface area contributed by atoms with E-state index >= 15 is 0 Å².